The van der Waals surface area contributed by atoms with Crippen LogP contribution in [0.2, 0.25) is 0 Å². The first-order valence-corrected chi connectivity index (χ1v) is 15.2. The number of ether oxygens (including phenoxy) is 1. The number of carbonyl (C=O) groups excluding carboxylic acids is 2. The Morgan fingerprint density at radius 3 is 2.79 bits per heavy atom. The number of amides is 2. The third-order valence-electron chi connectivity index (χ3n) is 8.04. The third-order valence-corrected chi connectivity index (χ3v) is 9.00. The predicted octanol–water partition coefficient (Wildman–Crippen LogP) is 3.03. The SMILES string of the molecule is Cc1nc(O[C@H]2CCC[C@@H](N)C2)c(C(=O)N[C@@H]2CCCN(c3cc(-c4ccc(C(N)=O)c(F)c4)n4ncnc(N)c34)C2)s1. The molecule has 1 saturated heterocycles. The van der Waals surface area contributed by atoms with Crippen LogP contribution >= 0.6 is 11.3 Å². The van der Waals surface area contributed by atoms with Crippen LogP contribution in [0.25, 0.3) is 16.8 Å². The van der Waals surface area contributed by atoms with Crippen LogP contribution in [0.3, 0.4) is 0 Å². The van der Waals surface area contributed by atoms with E-state index >= 15 is 0 Å². The van der Waals surface area contributed by atoms with Crippen LogP contribution < -0.4 is 32.2 Å². The second-order valence-electron chi connectivity index (χ2n) is 11.2. The minimum absolute atomic E-state index is 0.0487. The normalized spacial score (nSPS) is 20.7. The van der Waals surface area contributed by atoms with Gasteiger partial charge in [0, 0.05) is 30.7 Å². The fourth-order valence-corrected chi connectivity index (χ4v) is 6.77. The maximum absolute atomic E-state index is 14.7. The highest BCUT2D eigenvalue weighted by molar-refractivity contribution is 7.13. The van der Waals surface area contributed by atoms with Crippen molar-refractivity contribution in [3.8, 4) is 17.1 Å². The summed E-state index contributed by atoms with van der Waals surface area (Å²) in [7, 11) is 0. The molecule has 1 aliphatic carbocycles. The number of thiazole rings is 1. The smallest absolute Gasteiger partial charge is 0.267 e. The number of fused-ring (bicyclic) bond motifs is 1. The van der Waals surface area contributed by atoms with Crippen molar-refractivity contribution in [2.45, 2.75) is 63.6 Å². The van der Waals surface area contributed by atoms with Crippen molar-refractivity contribution in [2.75, 3.05) is 23.7 Å². The number of aromatic nitrogens is 4. The Hall–Kier alpha value is -4.30. The minimum Gasteiger partial charge on any atom is -0.473 e. The van der Waals surface area contributed by atoms with Crippen LogP contribution in [0.5, 0.6) is 5.88 Å². The topological polar surface area (TPSA) is 180 Å². The number of nitrogen functional groups attached to an aromatic ring is 1. The number of piperidine rings is 1. The molecule has 0 radical (unpaired) electrons. The van der Waals surface area contributed by atoms with Crippen molar-refractivity contribution in [3.05, 3.63) is 51.9 Å². The van der Waals surface area contributed by atoms with Crippen molar-refractivity contribution in [1.82, 2.24) is 24.9 Å². The highest BCUT2D eigenvalue weighted by Gasteiger charge is 2.30. The van der Waals surface area contributed by atoms with E-state index in [9.17, 15) is 14.0 Å². The fraction of sp³-hybridized carbons (Fsp3) is 0.414. The molecule has 2 amide bonds. The van der Waals surface area contributed by atoms with Gasteiger partial charge in [-0.2, -0.15) is 5.10 Å². The molecule has 0 bridgehead atoms. The molecule has 226 valence electrons. The van der Waals surface area contributed by atoms with E-state index in [0.29, 0.717) is 40.6 Å². The Morgan fingerprint density at radius 2 is 2.02 bits per heavy atom. The molecule has 0 spiro atoms. The molecule has 1 aliphatic heterocycles. The Labute approximate surface area is 251 Å². The predicted molar refractivity (Wildman–Crippen MR) is 162 cm³/mol. The van der Waals surface area contributed by atoms with Gasteiger partial charge in [-0.1, -0.05) is 6.07 Å². The van der Waals surface area contributed by atoms with Gasteiger partial charge in [-0.15, -0.1) is 11.3 Å². The standard InChI is InChI=1S/C29H34FN9O3S/c1-15-36-29(42-19-6-2-4-17(31)11-19)25(43-15)28(41)37-18-5-3-9-38(13-18)23-12-22(39-24(23)26(32)34-14-35-39)16-7-8-20(27(33)40)21(30)10-16/h7-8,10,12,14,17-19H,2-6,9,11,13,31H2,1H3,(H2,33,40)(H,37,41)(H2,32,34,35)/t17-,18-,19+/m1/s1. The van der Waals surface area contributed by atoms with Crippen molar-refractivity contribution in [3.63, 3.8) is 0 Å². The summed E-state index contributed by atoms with van der Waals surface area (Å²) in [6.45, 7) is 3.09. The van der Waals surface area contributed by atoms with Gasteiger partial charge >= 0.3 is 0 Å². The number of carbonyl (C=O) groups is 2. The molecule has 3 atom stereocenters. The molecular formula is C29H34FN9O3S. The largest absolute Gasteiger partial charge is 0.473 e. The van der Waals surface area contributed by atoms with Crippen LogP contribution in [-0.2, 0) is 0 Å². The minimum atomic E-state index is -0.844. The van der Waals surface area contributed by atoms with Gasteiger partial charge in [0.25, 0.3) is 11.8 Å². The maximum Gasteiger partial charge on any atom is 0.267 e. The number of halogens is 1. The average Bonchev–Trinajstić information content (AvgIpc) is 3.54. The quantitative estimate of drug-likeness (QED) is 0.246. The van der Waals surface area contributed by atoms with Crippen molar-refractivity contribution in [2.24, 2.45) is 11.5 Å². The Kier molecular flexibility index (Phi) is 7.88. The lowest BCUT2D eigenvalue weighted by Crippen LogP contribution is -2.47. The lowest BCUT2D eigenvalue weighted by Gasteiger charge is -2.34. The summed E-state index contributed by atoms with van der Waals surface area (Å²) in [4.78, 5) is 36.3. The molecule has 0 unspecified atom stereocenters. The first-order valence-electron chi connectivity index (χ1n) is 14.4. The van der Waals surface area contributed by atoms with Crippen molar-refractivity contribution in [1.29, 1.82) is 0 Å². The van der Waals surface area contributed by atoms with Crippen molar-refractivity contribution >= 4 is 40.2 Å². The number of aryl methyl sites for hydroxylation is 1. The van der Waals surface area contributed by atoms with Gasteiger partial charge in [-0.05, 0) is 63.6 Å². The summed E-state index contributed by atoms with van der Waals surface area (Å²) in [5.74, 6) is -1.15. The summed E-state index contributed by atoms with van der Waals surface area (Å²) in [5, 5.41) is 8.32. The summed E-state index contributed by atoms with van der Waals surface area (Å²) >= 11 is 1.32. The number of nitrogens with two attached hydrogens (primary N) is 3. The molecule has 4 aromatic rings. The summed E-state index contributed by atoms with van der Waals surface area (Å²) in [6, 6.07) is 6.03. The molecule has 12 nitrogen and oxygen atoms in total. The van der Waals surface area contributed by atoms with E-state index in [4.69, 9.17) is 21.9 Å². The summed E-state index contributed by atoms with van der Waals surface area (Å²) in [5.41, 5.74) is 19.9. The van der Waals surface area contributed by atoms with E-state index in [2.05, 4.69) is 25.3 Å². The number of hydrogen-bond acceptors (Lipinski definition) is 10. The van der Waals surface area contributed by atoms with Gasteiger partial charge in [0.2, 0.25) is 5.88 Å². The highest BCUT2D eigenvalue weighted by Crippen LogP contribution is 2.36. The van der Waals surface area contributed by atoms with Crippen LogP contribution in [0.4, 0.5) is 15.9 Å². The molecule has 6 rings (SSSR count). The summed E-state index contributed by atoms with van der Waals surface area (Å²) in [6.07, 6.45) is 6.51. The third kappa shape index (κ3) is 5.84. The van der Waals surface area contributed by atoms with Crippen LogP contribution in [0.15, 0.2) is 30.6 Å². The van der Waals surface area contributed by atoms with E-state index in [-0.39, 0.29) is 35.5 Å². The van der Waals surface area contributed by atoms with E-state index in [1.54, 1.807) is 10.6 Å². The van der Waals surface area contributed by atoms with Crippen LogP contribution in [-0.4, -0.2) is 62.7 Å². The van der Waals surface area contributed by atoms with Gasteiger partial charge < -0.3 is 32.2 Å². The van der Waals surface area contributed by atoms with E-state index in [0.717, 1.165) is 49.2 Å². The first kappa shape index (κ1) is 28.8. The number of nitrogens with zero attached hydrogens (tertiary/aromatic N) is 5. The first-order chi connectivity index (χ1) is 20.7. The van der Waals surface area contributed by atoms with Gasteiger partial charge in [-0.3, -0.25) is 9.59 Å². The molecule has 2 aliphatic rings. The zero-order valence-electron chi connectivity index (χ0n) is 23.8. The molecule has 1 aromatic carbocycles. The van der Waals surface area contributed by atoms with E-state index in [1.807, 2.05) is 13.0 Å². The molecule has 7 N–H and O–H groups in total. The lowest BCUT2D eigenvalue weighted by molar-refractivity contribution is 0.0922. The van der Waals surface area contributed by atoms with E-state index < -0.39 is 11.7 Å². The zero-order chi connectivity index (χ0) is 30.2. The van der Waals surface area contributed by atoms with Gasteiger partial charge in [-0.25, -0.2) is 18.9 Å². The van der Waals surface area contributed by atoms with Gasteiger partial charge in [0.05, 0.1) is 22.0 Å². The average molecular weight is 608 g/mol. The monoisotopic (exact) mass is 607 g/mol. The van der Waals surface area contributed by atoms with E-state index in [1.165, 1.54) is 29.8 Å². The molecule has 43 heavy (non-hydrogen) atoms. The number of primary amides is 1. The second kappa shape index (κ2) is 11.8. The molecule has 2 fully saturated rings. The number of benzene rings is 1. The number of nitrogens with one attached hydrogen (secondary N) is 1. The molecular weight excluding hydrogens is 573 g/mol. The fourth-order valence-electron chi connectivity index (χ4n) is 6.01. The van der Waals surface area contributed by atoms with Crippen LogP contribution in [0.1, 0.15) is 63.6 Å². The number of rotatable bonds is 7. The number of hydrogen-bond donors (Lipinski definition) is 4. The van der Waals surface area contributed by atoms with Gasteiger partial charge in [0.15, 0.2) is 10.7 Å². The Balaban J connectivity index is 1.23. The molecule has 14 heteroatoms. The second-order valence-corrected chi connectivity index (χ2v) is 12.4. The Morgan fingerprint density at radius 1 is 1.19 bits per heavy atom. The number of anilines is 2. The van der Waals surface area contributed by atoms with Crippen molar-refractivity contribution < 1.29 is 18.7 Å². The molecule has 4 heterocycles. The van der Waals surface area contributed by atoms with Gasteiger partial charge in [0.1, 0.15) is 23.8 Å². The molecule has 3 aromatic heterocycles. The van der Waals surface area contributed by atoms with Crippen LogP contribution in [0, 0.1) is 12.7 Å². The lowest BCUT2D eigenvalue weighted by atomic mass is 9.94. The molecule has 1 saturated carbocycles. The highest BCUT2D eigenvalue weighted by atomic mass is 32.1. The zero-order valence-corrected chi connectivity index (χ0v) is 24.6. The maximum atomic E-state index is 14.7. The Bertz CT molecular complexity index is 1690. The summed E-state index contributed by atoms with van der Waals surface area (Å²) < 4.78 is 22.5.